The zero-order valence-electron chi connectivity index (χ0n) is 17.5. The van der Waals surface area contributed by atoms with Crippen molar-refractivity contribution in [3.05, 3.63) is 41.4 Å². The summed E-state index contributed by atoms with van der Waals surface area (Å²) in [6, 6.07) is 4.20. The summed E-state index contributed by atoms with van der Waals surface area (Å²) < 4.78 is 7.11. The summed E-state index contributed by atoms with van der Waals surface area (Å²) >= 11 is 0. The van der Waals surface area contributed by atoms with Gasteiger partial charge in [0.15, 0.2) is 0 Å². The van der Waals surface area contributed by atoms with Gasteiger partial charge in [-0.2, -0.15) is 0 Å². The zero-order valence-corrected chi connectivity index (χ0v) is 17.5. The van der Waals surface area contributed by atoms with Crippen LogP contribution in [0.4, 0.5) is 0 Å². The lowest BCUT2D eigenvalue weighted by Gasteiger charge is -2.34. The first-order valence-electron chi connectivity index (χ1n) is 10.2. The van der Waals surface area contributed by atoms with Crippen LogP contribution in [0.25, 0.3) is 11.0 Å². The summed E-state index contributed by atoms with van der Waals surface area (Å²) in [5.74, 6) is 0.413. The predicted molar refractivity (Wildman–Crippen MR) is 110 cm³/mol. The Balaban J connectivity index is 1.38. The van der Waals surface area contributed by atoms with Crippen LogP contribution in [0.15, 0.2) is 29.1 Å². The minimum absolute atomic E-state index is 0.0492. The number of carbonyl (C=O) groups is 2. The van der Waals surface area contributed by atoms with Gasteiger partial charge in [0.05, 0.1) is 12.7 Å². The van der Waals surface area contributed by atoms with Crippen molar-refractivity contribution >= 4 is 22.8 Å². The van der Waals surface area contributed by atoms with E-state index in [1.807, 2.05) is 11.0 Å². The third kappa shape index (κ3) is 4.05. The van der Waals surface area contributed by atoms with E-state index < -0.39 is 0 Å². The van der Waals surface area contributed by atoms with Crippen molar-refractivity contribution in [1.82, 2.24) is 30.0 Å². The van der Waals surface area contributed by atoms with Crippen molar-refractivity contribution in [3.8, 4) is 0 Å². The molecule has 0 radical (unpaired) electrons. The first-order chi connectivity index (χ1) is 14.4. The van der Waals surface area contributed by atoms with Gasteiger partial charge in [-0.3, -0.25) is 9.59 Å². The molecule has 1 aromatic carbocycles. The number of furan rings is 1. The van der Waals surface area contributed by atoms with E-state index in [4.69, 9.17) is 4.42 Å². The molecule has 1 saturated heterocycles. The third-order valence-corrected chi connectivity index (χ3v) is 5.68. The molecule has 0 unspecified atom stereocenters. The van der Waals surface area contributed by atoms with Gasteiger partial charge in [-0.15, -0.1) is 5.10 Å². The molecular formula is C21H26N6O3. The Hall–Kier alpha value is -3.23. The molecule has 30 heavy (non-hydrogen) atoms. The highest BCUT2D eigenvalue weighted by Gasteiger charge is 2.25. The number of piperazine rings is 1. The van der Waals surface area contributed by atoms with Crippen molar-refractivity contribution in [1.29, 1.82) is 0 Å². The lowest BCUT2D eigenvalue weighted by Crippen LogP contribution is -2.51. The summed E-state index contributed by atoms with van der Waals surface area (Å²) in [6.45, 7) is 8.59. The van der Waals surface area contributed by atoms with E-state index in [-0.39, 0.29) is 18.4 Å². The van der Waals surface area contributed by atoms with Crippen LogP contribution < -0.4 is 0 Å². The highest BCUT2D eigenvalue weighted by atomic mass is 16.3. The van der Waals surface area contributed by atoms with Crippen molar-refractivity contribution in [2.45, 2.75) is 39.7 Å². The maximum absolute atomic E-state index is 12.9. The molecule has 4 rings (SSSR count). The molecular weight excluding hydrogens is 384 g/mol. The first-order valence-corrected chi connectivity index (χ1v) is 10.2. The molecule has 0 atom stereocenters. The lowest BCUT2D eigenvalue weighted by molar-refractivity contribution is -0.139. The van der Waals surface area contributed by atoms with Gasteiger partial charge < -0.3 is 14.2 Å². The Labute approximate surface area is 174 Å². The van der Waals surface area contributed by atoms with Crippen LogP contribution in [0.3, 0.4) is 0 Å². The van der Waals surface area contributed by atoms with Crippen LogP contribution >= 0.6 is 0 Å². The number of benzene rings is 1. The number of nitrogens with zero attached hydrogens (tertiary/aromatic N) is 6. The van der Waals surface area contributed by atoms with Gasteiger partial charge in [-0.25, -0.2) is 4.68 Å². The van der Waals surface area contributed by atoms with E-state index >= 15 is 0 Å². The van der Waals surface area contributed by atoms with Gasteiger partial charge in [0.1, 0.15) is 18.5 Å². The molecule has 3 aromatic rings. The van der Waals surface area contributed by atoms with Gasteiger partial charge >= 0.3 is 0 Å². The molecule has 3 heterocycles. The molecule has 0 saturated carbocycles. The van der Waals surface area contributed by atoms with E-state index in [0.717, 1.165) is 16.5 Å². The van der Waals surface area contributed by atoms with Gasteiger partial charge in [0.2, 0.25) is 11.8 Å². The average molecular weight is 410 g/mol. The molecule has 9 heteroatoms. The van der Waals surface area contributed by atoms with Crippen LogP contribution in [0.1, 0.15) is 36.5 Å². The highest BCUT2D eigenvalue weighted by molar-refractivity contribution is 5.88. The molecule has 2 aromatic heterocycles. The van der Waals surface area contributed by atoms with Crippen LogP contribution in [0.5, 0.6) is 0 Å². The summed E-state index contributed by atoms with van der Waals surface area (Å²) in [5.41, 5.74) is 4.20. The van der Waals surface area contributed by atoms with Gasteiger partial charge in [-0.1, -0.05) is 13.8 Å². The monoisotopic (exact) mass is 410 g/mol. The van der Waals surface area contributed by atoms with Gasteiger partial charge in [0.25, 0.3) is 0 Å². The molecule has 0 N–H and O–H groups in total. The van der Waals surface area contributed by atoms with Gasteiger partial charge in [0, 0.05) is 37.1 Å². The first kappa shape index (κ1) is 20.1. The fourth-order valence-corrected chi connectivity index (χ4v) is 3.97. The molecule has 0 spiro atoms. The average Bonchev–Trinajstić information content (AvgIpc) is 3.37. The molecule has 2 amide bonds. The number of amides is 2. The number of rotatable bonds is 5. The Kier molecular flexibility index (Phi) is 5.52. The van der Waals surface area contributed by atoms with Crippen LogP contribution in [-0.4, -0.2) is 68.0 Å². The van der Waals surface area contributed by atoms with E-state index in [0.29, 0.717) is 38.5 Å². The SMILES string of the molecule is Cc1cc2occ(CC(=O)N3CCN(C(=O)Cn4cnnn4)CC3)c2cc1C(C)C. The minimum Gasteiger partial charge on any atom is -0.464 e. The molecule has 0 aliphatic carbocycles. The maximum Gasteiger partial charge on any atom is 0.244 e. The van der Waals surface area contributed by atoms with E-state index in [9.17, 15) is 9.59 Å². The second-order valence-corrected chi connectivity index (χ2v) is 8.07. The second kappa shape index (κ2) is 8.25. The highest BCUT2D eigenvalue weighted by Crippen LogP contribution is 2.29. The van der Waals surface area contributed by atoms with Crippen LogP contribution in [0, 0.1) is 6.92 Å². The Bertz CT molecular complexity index is 1050. The summed E-state index contributed by atoms with van der Waals surface area (Å²) in [4.78, 5) is 28.8. The summed E-state index contributed by atoms with van der Waals surface area (Å²) in [6.07, 6.45) is 3.41. The lowest BCUT2D eigenvalue weighted by atomic mass is 9.95. The standard InChI is InChI=1S/C21H26N6O3/c1-14(2)17-10-18-16(12-30-19(18)8-15(17)3)9-20(28)25-4-6-26(7-5-25)21(29)11-27-13-22-23-24-27/h8,10,12-14H,4-7,9,11H2,1-3H3. The van der Waals surface area contributed by atoms with E-state index in [1.54, 1.807) is 11.2 Å². The van der Waals surface area contributed by atoms with E-state index in [2.05, 4.69) is 42.4 Å². The summed E-state index contributed by atoms with van der Waals surface area (Å²) in [7, 11) is 0. The number of aryl methyl sites for hydroxylation is 1. The Morgan fingerprint density at radius 1 is 1.10 bits per heavy atom. The predicted octanol–water partition coefficient (Wildman–Crippen LogP) is 1.76. The fourth-order valence-electron chi connectivity index (χ4n) is 3.97. The van der Waals surface area contributed by atoms with Gasteiger partial charge in [-0.05, 0) is 46.5 Å². The molecule has 9 nitrogen and oxygen atoms in total. The quantitative estimate of drug-likeness (QED) is 0.636. The number of aromatic nitrogens is 4. The topological polar surface area (TPSA) is 97.4 Å². The number of hydrogen-bond donors (Lipinski definition) is 0. The molecule has 1 aliphatic heterocycles. The smallest absolute Gasteiger partial charge is 0.244 e. The van der Waals surface area contributed by atoms with E-state index in [1.165, 1.54) is 22.1 Å². The summed E-state index contributed by atoms with van der Waals surface area (Å²) in [5, 5.41) is 11.8. The number of carbonyl (C=O) groups excluding carboxylic acids is 2. The van der Waals surface area contributed by atoms with Crippen molar-refractivity contribution in [3.63, 3.8) is 0 Å². The molecule has 1 fully saturated rings. The Morgan fingerprint density at radius 2 is 1.80 bits per heavy atom. The molecule has 158 valence electrons. The second-order valence-electron chi connectivity index (χ2n) is 8.07. The van der Waals surface area contributed by atoms with Crippen molar-refractivity contribution in [2.75, 3.05) is 26.2 Å². The van der Waals surface area contributed by atoms with Crippen LogP contribution in [0.2, 0.25) is 0 Å². The molecule has 1 aliphatic rings. The number of fused-ring (bicyclic) bond motifs is 1. The normalized spacial score (nSPS) is 14.7. The fraction of sp³-hybridized carbons (Fsp3) is 0.476. The van der Waals surface area contributed by atoms with Crippen molar-refractivity contribution in [2.24, 2.45) is 0 Å². The maximum atomic E-state index is 12.9. The largest absolute Gasteiger partial charge is 0.464 e. The minimum atomic E-state index is -0.0492. The van der Waals surface area contributed by atoms with Crippen molar-refractivity contribution < 1.29 is 14.0 Å². The number of hydrogen-bond acceptors (Lipinski definition) is 6. The van der Waals surface area contributed by atoms with Crippen LogP contribution in [-0.2, 0) is 22.6 Å². The number of tetrazole rings is 1. The zero-order chi connectivity index (χ0) is 21.3. The third-order valence-electron chi connectivity index (χ3n) is 5.68. The molecule has 0 bridgehead atoms. The Morgan fingerprint density at radius 3 is 2.43 bits per heavy atom.